The summed E-state index contributed by atoms with van der Waals surface area (Å²) >= 11 is 0. The van der Waals surface area contributed by atoms with Gasteiger partial charge in [0.2, 0.25) is 11.8 Å². The van der Waals surface area contributed by atoms with E-state index in [1.54, 1.807) is 36.4 Å². The summed E-state index contributed by atoms with van der Waals surface area (Å²) in [6.45, 7) is 3.01. The van der Waals surface area contributed by atoms with Gasteiger partial charge in [-0.15, -0.1) is 0 Å². The highest BCUT2D eigenvalue weighted by Crippen LogP contribution is 2.23. The Hall–Kier alpha value is -3.35. The van der Waals surface area contributed by atoms with Crippen molar-refractivity contribution in [2.75, 3.05) is 30.8 Å². The third-order valence-corrected chi connectivity index (χ3v) is 3.69. The Morgan fingerprint density at radius 1 is 1.00 bits per heavy atom. The summed E-state index contributed by atoms with van der Waals surface area (Å²) in [7, 11) is 1.53. The summed E-state index contributed by atoms with van der Waals surface area (Å²) in [6.07, 6.45) is 0. The molecule has 142 valence electrons. The topological polar surface area (TPSA) is 87.7 Å². The van der Waals surface area contributed by atoms with Crippen molar-refractivity contribution in [3.8, 4) is 5.75 Å². The monoisotopic (exact) mass is 369 g/mol. The van der Waals surface area contributed by atoms with Crippen molar-refractivity contribution >= 4 is 29.1 Å². The van der Waals surface area contributed by atoms with E-state index in [4.69, 9.17) is 4.74 Å². The molecule has 2 aromatic carbocycles. The number of hydrogen-bond acceptors (Lipinski definition) is 4. The SMILES string of the molecule is CC(=O)Nc1ccccc1OCC(=O)N(C)CC(=O)Nc1ccc(C)cc1. The second-order valence-corrected chi connectivity index (χ2v) is 6.13. The predicted molar refractivity (Wildman–Crippen MR) is 104 cm³/mol. The van der Waals surface area contributed by atoms with Crippen LogP contribution in [0.3, 0.4) is 0 Å². The van der Waals surface area contributed by atoms with Crippen LogP contribution in [0.5, 0.6) is 5.75 Å². The summed E-state index contributed by atoms with van der Waals surface area (Å²) in [6, 6.07) is 14.2. The van der Waals surface area contributed by atoms with Gasteiger partial charge in [0.1, 0.15) is 5.75 Å². The van der Waals surface area contributed by atoms with Crippen molar-refractivity contribution < 1.29 is 19.1 Å². The van der Waals surface area contributed by atoms with E-state index in [2.05, 4.69) is 10.6 Å². The highest BCUT2D eigenvalue weighted by molar-refractivity contribution is 5.94. The van der Waals surface area contributed by atoms with Crippen LogP contribution in [0.1, 0.15) is 12.5 Å². The molecule has 0 saturated heterocycles. The first-order valence-corrected chi connectivity index (χ1v) is 8.45. The average molecular weight is 369 g/mol. The molecule has 0 aliphatic heterocycles. The van der Waals surface area contributed by atoms with Crippen LogP contribution in [-0.4, -0.2) is 42.8 Å². The molecule has 0 saturated carbocycles. The number of benzene rings is 2. The molecule has 27 heavy (non-hydrogen) atoms. The van der Waals surface area contributed by atoms with E-state index in [0.717, 1.165) is 5.56 Å². The Balaban J connectivity index is 1.86. The predicted octanol–water partition coefficient (Wildman–Crippen LogP) is 2.43. The number of nitrogens with zero attached hydrogens (tertiary/aromatic N) is 1. The van der Waals surface area contributed by atoms with Crippen LogP contribution in [0.15, 0.2) is 48.5 Å². The lowest BCUT2D eigenvalue weighted by atomic mass is 10.2. The van der Waals surface area contributed by atoms with Crippen LogP contribution in [0.4, 0.5) is 11.4 Å². The number of para-hydroxylation sites is 2. The molecule has 0 radical (unpaired) electrons. The minimum atomic E-state index is -0.355. The molecular formula is C20H23N3O4. The molecule has 0 spiro atoms. The lowest BCUT2D eigenvalue weighted by Crippen LogP contribution is -2.37. The number of hydrogen-bond donors (Lipinski definition) is 2. The summed E-state index contributed by atoms with van der Waals surface area (Å²) < 4.78 is 5.50. The molecule has 0 fully saturated rings. The number of carbonyl (C=O) groups is 3. The summed E-state index contributed by atoms with van der Waals surface area (Å²) in [5.41, 5.74) is 2.25. The van der Waals surface area contributed by atoms with Crippen LogP contribution in [0.25, 0.3) is 0 Å². The molecule has 2 aromatic rings. The normalized spacial score (nSPS) is 10.0. The quantitative estimate of drug-likeness (QED) is 0.785. The lowest BCUT2D eigenvalue weighted by Gasteiger charge is -2.18. The van der Waals surface area contributed by atoms with Crippen LogP contribution in [0.2, 0.25) is 0 Å². The number of amides is 3. The number of rotatable bonds is 7. The number of aryl methyl sites for hydroxylation is 1. The Morgan fingerprint density at radius 2 is 1.67 bits per heavy atom. The average Bonchev–Trinajstić information content (AvgIpc) is 2.62. The zero-order valence-electron chi connectivity index (χ0n) is 15.6. The fourth-order valence-electron chi connectivity index (χ4n) is 2.28. The summed E-state index contributed by atoms with van der Waals surface area (Å²) in [5, 5.41) is 5.38. The number of ether oxygens (including phenoxy) is 1. The maximum atomic E-state index is 12.2. The standard InChI is InChI=1S/C20H23N3O4/c1-14-8-10-16(11-9-14)22-19(25)12-23(3)20(26)13-27-18-7-5-4-6-17(18)21-15(2)24/h4-11H,12-13H2,1-3H3,(H,21,24)(H,22,25). The molecule has 0 atom stereocenters. The van der Waals surface area contributed by atoms with Gasteiger partial charge in [-0.05, 0) is 31.2 Å². The van der Waals surface area contributed by atoms with Crippen LogP contribution < -0.4 is 15.4 Å². The van der Waals surface area contributed by atoms with E-state index >= 15 is 0 Å². The third kappa shape index (κ3) is 6.47. The van der Waals surface area contributed by atoms with E-state index < -0.39 is 0 Å². The molecule has 2 N–H and O–H groups in total. The maximum Gasteiger partial charge on any atom is 0.260 e. The van der Waals surface area contributed by atoms with Gasteiger partial charge in [0.05, 0.1) is 12.2 Å². The molecule has 0 aliphatic rings. The van der Waals surface area contributed by atoms with E-state index in [9.17, 15) is 14.4 Å². The number of anilines is 2. The fraction of sp³-hybridized carbons (Fsp3) is 0.250. The molecule has 0 unspecified atom stereocenters. The molecule has 7 heteroatoms. The van der Waals surface area contributed by atoms with Crippen molar-refractivity contribution in [3.05, 3.63) is 54.1 Å². The zero-order valence-corrected chi connectivity index (χ0v) is 15.6. The first-order chi connectivity index (χ1) is 12.8. The van der Waals surface area contributed by atoms with Gasteiger partial charge in [0.15, 0.2) is 6.61 Å². The molecule has 0 bridgehead atoms. The second kappa shape index (κ2) is 9.38. The first-order valence-electron chi connectivity index (χ1n) is 8.45. The largest absolute Gasteiger partial charge is 0.482 e. The Labute approximate surface area is 158 Å². The molecule has 0 aliphatic carbocycles. The molecule has 3 amide bonds. The van der Waals surface area contributed by atoms with Crippen LogP contribution in [-0.2, 0) is 14.4 Å². The van der Waals surface area contributed by atoms with Gasteiger partial charge in [0, 0.05) is 19.7 Å². The fourth-order valence-corrected chi connectivity index (χ4v) is 2.28. The Bertz CT molecular complexity index is 818. The highest BCUT2D eigenvalue weighted by Gasteiger charge is 2.15. The number of nitrogens with one attached hydrogen (secondary N) is 2. The van der Waals surface area contributed by atoms with E-state index in [-0.39, 0.29) is 30.9 Å². The van der Waals surface area contributed by atoms with Gasteiger partial charge < -0.3 is 20.3 Å². The summed E-state index contributed by atoms with van der Waals surface area (Å²) in [5.74, 6) is -0.499. The van der Waals surface area contributed by atoms with Crippen molar-refractivity contribution in [1.82, 2.24) is 4.90 Å². The molecule has 2 rings (SSSR count). The van der Waals surface area contributed by atoms with Crippen molar-refractivity contribution in [3.63, 3.8) is 0 Å². The maximum absolute atomic E-state index is 12.2. The van der Waals surface area contributed by atoms with Gasteiger partial charge in [0.25, 0.3) is 5.91 Å². The van der Waals surface area contributed by atoms with Crippen LogP contribution in [0, 0.1) is 6.92 Å². The van der Waals surface area contributed by atoms with Crippen molar-refractivity contribution in [2.24, 2.45) is 0 Å². The summed E-state index contributed by atoms with van der Waals surface area (Å²) in [4.78, 5) is 36.8. The lowest BCUT2D eigenvalue weighted by molar-refractivity contribution is -0.135. The number of likely N-dealkylation sites (N-methyl/N-ethyl adjacent to an activating group) is 1. The first kappa shape index (κ1) is 20.0. The van der Waals surface area contributed by atoms with Gasteiger partial charge >= 0.3 is 0 Å². The van der Waals surface area contributed by atoms with Gasteiger partial charge in [-0.3, -0.25) is 14.4 Å². The van der Waals surface area contributed by atoms with E-state index in [1.807, 2.05) is 19.1 Å². The highest BCUT2D eigenvalue weighted by atomic mass is 16.5. The third-order valence-electron chi connectivity index (χ3n) is 3.69. The second-order valence-electron chi connectivity index (χ2n) is 6.13. The van der Waals surface area contributed by atoms with E-state index in [1.165, 1.54) is 18.9 Å². The molecule has 0 heterocycles. The smallest absolute Gasteiger partial charge is 0.260 e. The van der Waals surface area contributed by atoms with Crippen LogP contribution >= 0.6 is 0 Å². The van der Waals surface area contributed by atoms with Gasteiger partial charge in [-0.25, -0.2) is 0 Å². The minimum absolute atomic E-state index is 0.0938. The van der Waals surface area contributed by atoms with Crippen molar-refractivity contribution in [1.29, 1.82) is 0 Å². The zero-order chi connectivity index (χ0) is 19.8. The van der Waals surface area contributed by atoms with Gasteiger partial charge in [-0.1, -0.05) is 29.8 Å². The Kier molecular flexibility index (Phi) is 6.93. The van der Waals surface area contributed by atoms with E-state index in [0.29, 0.717) is 17.1 Å². The number of carbonyl (C=O) groups excluding carboxylic acids is 3. The molecular weight excluding hydrogens is 346 g/mol. The molecule has 0 aromatic heterocycles. The van der Waals surface area contributed by atoms with Gasteiger partial charge in [-0.2, -0.15) is 0 Å². The van der Waals surface area contributed by atoms with Crippen molar-refractivity contribution in [2.45, 2.75) is 13.8 Å². The Morgan fingerprint density at radius 3 is 2.33 bits per heavy atom. The molecule has 7 nitrogen and oxygen atoms in total. The minimum Gasteiger partial charge on any atom is -0.482 e.